The molecule has 0 aliphatic carbocycles. The molecule has 0 amide bonds. The van der Waals surface area contributed by atoms with E-state index in [1.807, 2.05) is 12.1 Å². The lowest BCUT2D eigenvalue weighted by Gasteiger charge is -2.39. The molecule has 0 spiro atoms. The van der Waals surface area contributed by atoms with E-state index in [4.69, 9.17) is 9.72 Å². The molecule has 3 fully saturated rings. The first-order chi connectivity index (χ1) is 16.7. The second-order valence-electron chi connectivity index (χ2n) is 10.1. The Morgan fingerprint density at radius 2 is 1.82 bits per heavy atom. The maximum atomic E-state index is 14.8. The summed E-state index contributed by atoms with van der Waals surface area (Å²) in [5.74, 6) is 1.63. The van der Waals surface area contributed by atoms with Crippen LogP contribution in [0.4, 0.5) is 15.8 Å². The number of halogens is 1. The SMILES string of the molecule is Cn1c(CN2C3CCC2CC(CNc2ccc(N4CCOCC4)c(F)c2)C3)nc2ccccc21. The van der Waals surface area contributed by atoms with Gasteiger partial charge < -0.3 is 19.5 Å². The predicted molar refractivity (Wildman–Crippen MR) is 134 cm³/mol. The van der Waals surface area contributed by atoms with Crippen LogP contribution in [0.1, 0.15) is 31.5 Å². The Bertz CT molecular complexity index is 1140. The van der Waals surface area contributed by atoms with Gasteiger partial charge in [-0.1, -0.05) is 12.1 Å². The predicted octanol–water partition coefficient (Wildman–Crippen LogP) is 4.40. The lowest BCUT2D eigenvalue weighted by Crippen LogP contribution is -2.44. The Morgan fingerprint density at radius 3 is 2.56 bits per heavy atom. The average molecular weight is 464 g/mol. The van der Waals surface area contributed by atoms with Gasteiger partial charge in [-0.2, -0.15) is 0 Å². The highest BCUT2D eigenvalue weighted by molar-refractivity contribution is 5.75. The van der Waals surface area contributed by atoms with Crippen LogP contribution in [0, 0.1) is 11.7 Å². The first-order valence-electron chi connectivity index (χ1n) is 12.7. The summed E-state index contributed by atoms with van der Waals surface area (Å²) in [6.07, 6.45) is 4.94. The largest absolute Gasteiger partial charge is 0.385 e. The molecule has 2 unspecified atom stereocenters. The Balaban J connectivity index is 1.07. The minimum absolute atomic E-state index is 0.149. The van der Waals surface area contributed by atoms with Crippen LogP contribution in [-0.2, 0) is 18.3 Å². The number of aryl methyl sites for hydroxylation is 1. The van der Waals surface area contributed by atoms with Gasteiger partial charge in [0.05, 0.1) is 36.5 Å². The van der Waals surface area contributed by atoms with Crippen molar-refractivity contribution in [2.45, 2.75) is 44.3 Å². The van der Waals surface area contributed by atoms with Crippen LogP contribution >= 0.6 is 0 Å². The number of imidazole rings is 1. The van der Waals surface area contributed by atoms with Crippen molar-refractivity contribution in [3.05, 3.63) is 54.1 Å². The van der Waals surface area contributed by atoms with E-state index in [9.17, 15) is 4.39 Å². The quantitative estimate of drug-likeness (QED) is 0.587. The van der Waals surface area contributed by atoms with E-state index >= 15 is 0 Å². The van der Waals surface area contributed by atoms with Crippen molar-refractivity contribution < 1.29 is 9.13 Å². The highest BCUT2D eigenvalue weighted by Gasteiger charge is 2.40. The number of hydrogen-bond donors (Lipinski definition) is 1. The Hall–Kier alpha value is -2.64. The standard InChI is InChI=1S/C27H34FN5O/c1-31-26-5-3-2-4-24(26)30-27(31)18-33-21-7-8-22(33)15-19(14-21)17-29-20-6-9-25(23(28)16-20)32-10-12-34-13-11-32/h2-6,9,16,19,21-22,29H,7-8,10-15,17-18H2,1H3. The fourth-order valence-electron chi connectivity index (χ4n) is 6.25. The van der Waals surface area contributed by atoms with Crippen LogP contribution in [0.25, 0.3) is 11.0 Å². The smallest absolute Gasteiger partial charge is 0.148 e. The van der Waals surface area contributed by atoms with E-state index in [-0.39, 0.29) is 5.82 Å². The maximum Gasteiger partial charge on any atom is 0.148 e. The number of morpholine rings is 1. The van der Waals surface area contributed by atoms with E-state index in [1.54, 1.807) is 6.07 Å². The molecule has 3 saturated heterocycles. The number of rotatable bonds is 6. The molecule has 180 valence electrons. The Morgan fingerprint density at radius 1 is 1.06 bits per heavy atom. The molecule has 4 heterocycles. The summed E-state index contributed by atoms with van der Waals surface area (Å²) < 4.78 is 22.4. The molecule has 3 aliphatic heterocycles. The van der Waals surface area contributed by atoms with Gasteiger partial charge in [0.25, 0.3) is 0 Å². The second kappa shape index (κ2) is 9.19. The highest BCUT2D eigenvalue weighted by atomic mass is 19.1. The van der Waals surface area contributed by atoms with Crippen molar-refractivity contribution in [1.29, 1.82) is 0 Å². The number of nitrogens with zero attached hydrogens (tertiary/aromatic N) is 4. The molecule has 6 rings (SSSR count). The van der Waals surface area contributed by atoms with Crippen LogP contribution < -0.4 is 10.2 Å². The van der Waals surface area contributed by atoms with Gasteiger partial charge in [-0.3, -0.25) is 4.90 Å². The van der Waals surface area contributed by atoms with Crippen molar-refractivity contribution in [2.24, 2.45) is 13.0 Å². The van der Waals surface area contributed by atoms with Crippen LogP contribution in [0.3, 0.4) is 0 Å². The third-order valence-electron chi connectivity index (χ3n) is 8.08. The molecular weight excluding hydrogens is 429 g/mol. The minimum Gasteiger partial charge on any atom is -0.385 e. The van der Waals surface area contributed by atoms with Gasteiger partial charge in [-0.15, -0.1) is 0 Å². The number of piperidine rings is 1. The summed E-state index contributed by atoms with van der Waals surface area (Å²) in [5, 5.41) is 3.53. The van der Waals surface area contributed by atoms with Gasteiger partial charge >= 0.3 is 0 Å². The Labute approximate surface area is 200 Å². The zero-order valence-corrected chi connectivity index (χ0v) is 19.9. The van der Waals surface area contributed by atoms with Crippen molar-refractivity contribution in [3.63, 3.8) is 0 Å². The van der Waals surface area contributed by atoms with Crippen molar-refractivity contribution >= 4 is 22.4 Å². The van der Waals surface area contributed by atoms with Gasteiger partial charge in [0.1, 0.15) is 11.6 Å². The van der Waals surface area contributed by atoms with Crippen LogP contribution in [0.2, 0.25) is 0 Å². The number of anilines is 2. The third-order valence-corrected chi connectivity index (χ3v) is 8.08. The summed E-state index contributed by atoms with van der Waals surface area (Å²) >= 11 is 0. The first-order valence-corrected chi connectivity index (χ1v) is 12.7. The van der Waals surface area contributed by atoms with Crippen molar-refractivity contribution in [2.75, 3.05) is 43.1 Å². The molecular formula is C27H34FN5O. The van der Waals surface area contributed by atoms with Gasteiger partial charge in [0.15, 0.2) is 0 Å². The number of nitrogens with one attached hydrogen (secondary N) is 1. The summed E-state index contributed by atoms with van der Waals surface area (Å²) in [7, 11) is 2.13. The molecule has 1 N–H and O–H groups in total. The number of ether oxygens (including phenoxy) is 1. The minimum atomic E-state index is -0.149. The maximum absolute atomic E-state index is 14.8. The number of para-hydroxylation sites is 2. The topological polar surface area (TPSA) is 45.6 Å². The lowest BCUT2D eigenvalue weighted by atomic mass is 9.90. The normalized spacial score (nSPS) is 25.2. The number of fused-ring (bicyclic) bond motifs is 3. The lowest BCUT2D eigenvalue weighted by molar-refractivity contribution is 0.0966. The van der Waals surface area contributed by atoms with E-state index in [0.717, 1.165) is 43.2 Å². The molecule has 2 aromatic carbocycles. The zero-order chi connectivity index (χ0) is 23.1. The van der Waals surface area contributed by atoms with Gasteiger partial charge in [-0.05, 0) is 61.9 Å². The van der Waals surface area contributed by atoms with Gasteiger partial charge in [0, 0.05) is 44.5 Å². The van der Waals surface area contributed by atoms with Crippen LogP contribution in [0.5, 0.6) is 0 Å². The Kier molecular flexibility index (Phi) is 5.91. The van der Waals surface area contributed by atoms with E-state index in [2.05, 4.69) is 51.0 Å². The number of hydrogen-bond acceptors (Lipinski definition) is 5. The molecule has 0 saturated carbocycles. The fraction of sp³-hybridized carbons (Fsp3) is 0.519. The number of aromatic nitrogens is 2. The fourth-order valence-corrected chi connectivity index (χ4v) is 6.25. The molecule has 2 bridgehead atoms. The van der Waals surface area contributed by atoms with Crippen LogP contribution in [-0.4, -0.2) is 59.4 Å². The molecule has 3 aromatic rings. The molecule has 34 heavy (non-hydrogen) atoms. The van der Waals surface area contributed by atoms with Gasteiger partial charge in [-0.25, -0.2) is 9.37 Å². The third kappa shape index (κ3) is 4.16. The second-order valence-corrected chi connectivity index (χ2v) is 10.1. The van der Waals surface area contributed by atoms with E-state index in [0.29, 0.717) is 36.9 Å². The van der Waals surface area contributed by atoms with Crippen molar-refractivity contribution in [3.8, 4) is 0 Å². The molecule has 0 radical (unpaired) electrons. The van der Waals surface area contributed by atoms with E-state index < -0.39 is 0 Å². The summed E-state index contributed by atoms with van der Waals surface area (Å²) in [4.78, 5) is 9.67. The molecule has 7 heteroatoms. The molecule has 1 aromatic heterocycles. The van der Waals surface area contributed by atoms with Crippen molar-refractivity contribution in [1.82, 2.24) is 14.5 Å². The average Bonchev–Trinajstić information content (AvgIpc) is 3.29. The molecule has 6 nitrogen and oxygen atoms in total. The first kappa shape index (κ1) is 21.9. The molecule has 3 aliphatic rings. The summed E-state index contributed by atoms with van der Waals surface area (Å²) in [5.41, 5.74) is 3.85. The van der Waals surface area contributed by atoms with Gasteiger partial charge in [0.2, 0.25) is 0 Å². The van der Waals surface area contributed by atoms with E-state index in [1.165, 1.54) is 31.2 Å². The highest BCUT2D eigenvalue weighted by Crippen LogP contribution is 2.40. The molecule has 2 atom stereocenters. The summed E-state index contributed by atoms with van der Waals surface area (Å²) in [6.45, 7) is 4.66. The summed E-state index contributed by atoms with van der Waals surface area (Å²) in [6, 6.07) is 15.2. The van der Waals surface area contributed by atoms with Crippen LogP contribution in [0.15, 0.2) is 42.5 Å². The number of benzene rings is 2. The monoisotopic (exact) mass is 463 g/mol. The zero-order valence-electron chi connectivity index (χ0n) is 19.9.